The molecule has 148 valence electrons. The van der Waals surface area contributed by atoms with E-state index < -0.39 is 26.6 Å². The summed E-state index contributed by atoms with van der Waals surface area (Å²) in [5.74, 6) is 0.0659. The number of nitrogens with zero attached hydrogens (tertiary/aromatic N) is 4. The first kappa shape index (κ1) is 19.8. The molecular weight excluding hydrogens is 390 g/mol. The van der Waals surface area contributed by atoms with E-state index in [1.165, 1.54) is 0 Å². The van der Waals surface area contributed by atoms with E-state index in [1.807, 2.05) is 6.92 Å². The number of aryl methyl sites for hydroxylation is 2. The van der Waals surface area contributed by atoms with Crippen molar-refractivity contribution in [1.82, 2.24) is 24.2 Å². The van der Waals surface area contributed by atoms with E-state index >= 15 is 0 Å². The second kappa shape index (κ2) is 7.98. The van der Waals surface area contributed by atoms with Gasteiger partial charge in [-0.1, -0.05) is 6.07 Å². The Hall–Kier alpha value is -2.92. The highest BCUT2D eigenvalue weighted by molar-refractivity contribution is 7.89. The van der Waals surface area contributed by atoms with Crippen molar-refractivity contribution in [3.8, 4) is 5.82 Å². The van der Waals surface area contributed by atoms with Crippen molar-refractivity contribution in [2.45, 2.75) is 18.7 Å². The van der Waals surface area contributed by atoms with Gasteiger partial charge in [-0.05, 0) is 26.0 Å². The smallest absolute Gasteiger partial charge is 0.246 e. The second-order valence-corrected chi connectivity index (χ2v) is 7.58. The topological polar surface area (TPSA) is 102 Å². The quantitative estimate of drug-likeness (QED) is 0.580. The largest absolute Gasteiger partial charge is 0.369 e. The Morgan fingerprint density at radius 2 is 1.82 bits per heavy atom. The molecule has 3 rings (SSSR count). The maximum atomic E-state index is 13.7. The summed E-state index contributed by atoms with van der Waals surface area (Å²) in [6, 6.07) is 4.56. The van der Waals surface area contributed by atoms with Gasteiger partial charge in [0.1, 0.15) is 34.9 Å². The molecule has 0 amide bonds. The fourth-order valence-corrected chi connectivity index (χ4v) is 3.74. The zero-order valence-electron chi connectivity index (χ0n) is 15.1. The first-order chi connectivity index (χ1) is 13.3. The fraction of sp³-hybridized carbons (Fsp3) is 0.235. The lowest BCUT2D eigenvalue weighted by Crippen LogP contribution is -2.30. The average molecular weight is 408 g/mol. The van der Waals surface area contributed by atoms with Gasteiger partial charge in [0.25, 0.3) is 0 Å². The lowest BCUT2D eigenvalue weighted by atomic mass is 10.3. The summed E-state index contributed by atoms with van der Waals surface area (Å²) >= 11 is 0. The normalized spacial score (nSPS) is 11.6. The van der Waals surface area contributed by atoms with Crippen molar-refractivity contribution in [3.63, 3.8) is 0 Å². The minimum atomic E-state index is -4.32. The SMILES string of the molecule is Cc1nc(NCCNS(=O)(=O)c2c(F)cccc2F)cc(-n2ccnc2C)n1. The van der Waals surface area contributed by atoms with Crippen molar-refractivity contribution in [3.05, 3.63) is 59.9 Å². The van der Waals surface area contributed by atoms with Gasteiger partial charge in [0, 0.05) is 31.5 Å². The van der Waals surface area contributed by atoms with Crippen LogP contribution in [0.15, 0.2) is 41.6 Å². The number of imidazole rings is 1. The molecule has 0 aliphatic heterocycles. The predicted molar refractivity (Wildman–Crippen MR) is 98.7 cm³/mol. The molecule has 0 bridgehead atoms. The van der Waals surface area contributed by atoms with E-state index in [1.54, 1.807) is 30.0 Å². The van der Waals surface area contributed by atoms with Crippen LogP contribution in [-0.2, 0) is 10.0 Å². The van der Waals surface area contributed by atoms with Crippen molar-refractivity contribution in [1.29, 1.82) is 0 Å². The van der Waals surface area contributed by atoms with Crippen LogP contribution in [0.1, 0.15) is 11.6 Å². The summed E-state index contributed by atoms with van der Waals surface area (Å²) < 4.78 is 55.6. The zero-order valence-corrected chi connectivity index (χ0v) is 16.0. The van der Waals surface area contributed by atoms with Gasteiger partial charge < -0.3 is 5.32 Å². The third kappa shape index (κ3) is 4.31. The lowest BCUT2D eigenvalue weighted by molar-refractivity contribution is 0.514. The summed E-state index contributed by atoms with van der Waals surface area (Å²) in [6.07, 6.45) is 3.41. The van der Waals surface area contributed by atoms with Gasteiger partial charge in [0.05, 0.1) is 0 Å². The highest BCUT2D eigenvalue weighted by Gasteiger charge is 2.23. The molecule has 2 N–H and O–H groups in total. The van der Waals surface area contributed by atoms with Crippen molar-refractivity contribution in [2.24, 2.45) is 0 Å². The Morgan fingerprint density at radius 1 is 1.11 bits per heavy atom. The predicted octanol–water partition coefficient (Wildman–Crippen LogP) is 1.95. The van der Waals surface area contributed by atoms with E-state index in [2.05, 4.69) is 25.0 Å². The lowest BCUT2D eigenvalue weighted by Gasteiger charge is -2.11. The minimum Gasteiger partial charge on any atom is -0.369 e. The van der Waals surface area contributed by atoms with Crippen molar-refractivity contribution in [2.75, 3.05) is 18.4 Å². The van der Waals surface area contributed by atoms with Gasteiger partial charge >= 0.3 is 0 Å². The van der Waals surface area contributed by atoms with Crippen LogP contribution in [0.2, 0.25) is 0 Å². The van der Waals surface area contributed by atoms with Gasteiger partial charge in [0.2, 0.25) is 10.0 Å². The summed E-state index contributed by atoms with van der Waals surface area (Å²) in [5.41, 5.74) is 0. The molecule has 0 spiro atoms. The molecule has 8 nitrogen and oxygen atoms in total. The molecule has 0 aliphatic rings. The molecule has 0 atom stereocenters. The molecule has 0 aliphatic carbocycles. The van der Waals surface area contributed by atoms with Crippen LogP contribution < -0.4 is 10.0 Å². The molecule has 0 fully saturated rings. The maximum absolute atomic E-state index is 13.7. The van der Waals surface area contributed by atoms with E-state index in [9.17, 15) is 17.2 Å². The first-order valence-corrected chi connectivity index (χ1v) is 9.80. The highest BCUT2D eigenvalue weighted by atomic mass is 32.2. The summed E-state index contributed by atoms with van der Waals surface area (Å²) in [5, 5.41) is 2.96. The third-order valence-electron chi connectivity index (χ3n) is 3.81. The monoisotopic (exact) mass is 408 g/mol. The number of nitrogens with one attached hydrogen (secondary N) is 2. The Bertz CT molecular complexity index is 1080. The van der Waals surface area contributed by atoms with Gasteiger partial charge in [-0.3, -0.25) is 4.57 Å². The summed E-state index contributed by atoms with van der Waals surface area (Å²) in [7, 11) is -4.32. The number of rotatable bonds is 7. The summed E-state index contributed by atoms with van der Waals surface area (Å²) in [6.45, 7) is 3.61. The number of hydrogen-bond donors (Lipinski definition) is 2. The molecular formula is C17H18F2N6O2S. The highest BCUT2D eigenvalue weighted by Crippen LogP contribution is 2.18. The van der Waals surface area contributed by atoms with Gasteiger partial charge in [-0.2, -0.15) is 0 Å². The molecule has 11 heteroatoms. The maximum Gasteiger partial charge on any atom is 0.246 e. The van der Waals surface area contributed by atoms with Gasteiger partial charge in [0.15, 0.2) is 4.90 Å². The molecule has 2 aromatic heterocycles. The van der Waals surface area contributed by atoms with Crippen LogP contribution in [-0.4, -0.2) is 41.0 Å². The van der Waals surface area contributed by atoms with Crippen molar-refractivity contribution < 1.29 is 17.2 Å². The third-order valence-corrected chi connectivity index (χ3v) is 5.32. The number of sulfonamides is 1. The number of aromatic nitrogens is 4. The van der Waals surface area contributed by atoms with E-state index in [0.29, 0.717) is 17.5 Å². The number of benzene rings is 1. The Balaban J connectivity index is 1.66. The van der Waals surface area contributed by atoms with E-state index in [0.717, 1.165) is 24.0 Å². The van der Waals surface area contributed by atoms with Crippen LogP contribution in [0, 0.1) is 25.5 Å². The Kier molecular flexibility index (Phi) is 5.66. The fourth-order valence-electron chi connectivity index (χ4n) is 2.57. The van der Waals surface area contributed by atoms with Crippen LogP contribution >= 0.6 is 0 Å². The number of hydrogen-bond acceptors (Lipinski definition) is 6. The van der Waals surface area contributed by atoms with Crippen LogP contribution in [0.25, 0.3) is 5.82 Å². The minimum absolute atomic E-state index is 0.0986. The molecule has 3 aromatic rings. The number of anilines is 1. The molecule has 1 aromatic carbocycles. The van der Waals surface area contributed by atoms with Crippen LogP contribution in [0.3, 0.4) is 0 Å². The molecule has 28 heavy (non-hydrogen) atoms. The van der Waals surface area contributed by atoms with Gasteiger partial charge in [-0.25, -0.2) is 36.9 Å². The summed E-state index contributed by atoms with van der Waals surface area (Å²) in [4.78, 5) is 11.7. The Morgan fingerprint density at radius 3 is 2.46 bits per heavy atom. The molecule has 0 radical (unpaired) electrons. The standard InChI is InChI=1S/C17H18F2N6O2S/c1-11-23-15(10-16(24-11)25-9-8-20-12(25)2)21-6-7-22-28(26,27)17-13(18)4-3-5-14(17)19/h3-5,8-10,22H,6-7H2,1-2H3,(H,21,23,24). The van der Waals surface area contributed by atoms with E-state index in [4.69, 9.17) is 0 Å². The average Bonchev–Trinajstić information content (AvgIpc) is 3.04. The van der Waals surface area contributed by atoms with Crippen molar-refractivity contribution >= 4 is 15.8 Å². The van der Waals surface area contributed by atoms with Crippen LogP contribution in [0.5, 0.6) is 0 Å². The molecule has 0 saturated heterocycles. The first-order valence-electron chi connectivity index (χ1n) is 8.31. The second-order valence-electron chi connectivity index (χ2n) is 5.88. The molecule has 2 heterocycles. The van der Waals surface area contributed by atoms with Gasteiger partial charge in [-0.15, -0.1) is 0 Å². The number of halogens is 2. The van der Waals surface area contributed by atoms with Crippen LogP contribution in [0.4, 0.5) is 14.6 Å². The zero-order chi connectivity index (χ0) is 20.3. The molecule has 0 saturated carbocycles. The van der Waals surface area contributed by atoms with E-state index in [-0.39, 0.29) is 13.1 Å². The molecule has 0 unspecified atom stereocenters. The Labute approximate surface area is 160 Å².